The topological polar surface area (TPSA) is 132 Å². The minimum atomic E-state index is -4.22. The first-order chi connectivity index (χ1) is 15.0. The summed E-state index contributed by atoms with van der Waals surface area (Å²) < 4.78 is 65.7. The SMILES string of the molecule is Cn1cc(Nc2ncc(Cl)c(NC3COC4C(NS(=O)(=O)CC(C)(F)F)COC34)n2)cn1. The van der Waals surface area contributed by atoms with Gasteiger partial charge in [-0.2, -0.15) is 10.1 Å². The number of nitrogens with one attached hydrogen (secondary N) is 3. The molecule has 2 aliphatic heterocycles. The number of sulfonamides is 1. The average Bonchev–Trinajstić information content (AvgIpc) is 3.35. The van der Waals surface area contributed by atoms with Gasteiger partial charge in [0.15, 0.2) is 5.82 Å². The molecule has 4 heterocycles. The van der Waals surface area contributed by atoms with E-state index in [-0.39, 0.29) is 24.3 Å². The van der Waals surface area contributed by atoms with E-state index in [2.05, 4.69) is 30.4 Å². The van der Waals surface area contributed by atoms with Gasteiger partial charge < -0.3 is 20.1 Å². The summed E-state index contributed by atoms with van der Waals surface area (Å²) in [5.74, 6) is -4.03. The van der Waals surface area contributed by atoms with E-state index in [1.165, 1.54) is 6.20 Å². The molecule has 0 bridgehead atoms. The number of alkyl halides is 2. The Morgan fingerprint density at radius 3 is 2.59 bits per heavy atom. The minimum absolute atomic E-state index is 0.00660. The molecule has 3 N–H and O–H groups in total. The van der Waals surface area contributed by atoms with Gasteiger partial charge in [-0.15, -0.1) is 0 Å². The zero-order valence-corrected chi connectivity index (χ0v) is 18.7. The van der Waals surface area contributed by atoms with Crippen LogP contribution < -0.4 is 15.4 Å². The van der Waals surface area contributed by atoms with Crippen LogP contribution in [0.15, 0.2) is 18.6 Å². The van der Waals surface area contributed by atoms with Crippen molar-refractivity contribution in [1.29, 1.82) is 0 Å². The molecule has 0 spiro atoms. The van der Waals surface area contributed by atoms with Gasteiger partial charge in [-0.05, 0) is 0 Å². The summed E-state index contributed by atoms with van der Waals surface area (Å²) in [6, 6.07) is -1.16. The van der Waals surface area contributed by atoms with Gasteiger partial charge in [0.25, 0.3) is 5.92 Å². The third-order valence-electron chi connectivity index (χ3n) is 4.86. The monoisotopic (exact) mass is 493 g/mol. The van der Waals surface area contributed by atoms with Gasteiger partial charge in [0.05, 0.1) is 43.4 Å². The predicted molar refractivity (Wildman–Crippen MR) is 112 cm³/mol. The van der Waals surface area contributed by atoms with Crippen LogP contribution in [0.5, 0.6) is 0 Å². The zero-order chi connectivity index (χ0) is 23.1. The van der Waals surface area contributed by atoms with Crippen molar-refractivity contribution in [1.82, 2.24) is 24.5 Å². The van der Waals surface area contributed by atoms with Crippen LogP contribution in [0.3, 0.4) is 0 Å². The molecule has 4 rings (SSSR count). The van der Waals surface area contributed by atoms with Crippen molar-refractivity contribution >= 4 is 39.1 Å². The van der Waals surface area contributed by atoms with E-state index in [4.69, 9.17) is 21.1 Å². The standard InChI is InChI=1S/C17H22ClF2N7O4S/c1-17(19,20)8-32(28,29)26-12-7-31-13-11(6-30-14(12)13)24-15-10(18)4-21-16(25-15)23-9-3-22-27(2)5-9/h3-5,11-14,26H,6-8H2,1-2H3,(H2,21,23,24,25). The van der Waals surface area contributed by atoms with Crippen molar-refractivity contribution in [2.24, 2.45) is 7.05 Å². The smallest absolute Gasteiger partial charge is 0.260 e. The number of halogens is 3. The Bertz CT molecular complexity index is 1080. The lowest BCUT2D eigenvalue weighted by molar-refractivity contribution is 0.0466. The highest BCUT2D eigenvalue weighted by Gasteiger charge is 2.49. The molecule has 176 valence electrons. The molecule has 2 saturated heterocycles. The normalized spacial score (nSPS) is 25.7. The maximum absolute atomic E-state index is 13.1. The molecule has 32 heavy (non-hydrogen) atoms. The van der Waals surface area contributed by atoms with Gasteiger partial charge in [-0.1, -0.05) is 11.6 Å². The molecular formula is C17H22ClF2N7O4S. The lowest BCUT2D eigenvalue weighted by Gasteiger charge is -2.20. The van der Waals surface area contributed by atoms with Crippen molar-refractivity contribution in [3.05, 3.63) is 23.6 Å². The van der Waals surface area contributed by atoms with Crippen molar-refractivity contribution in [3.8, 4) is 0 Å². The first kappa shape index (κ1) is 23.0. The average molecular weight is 494 g/mol. The summed E-state index contributed by atoms with van der Waals surface area (Å²) in [6.45, 7) is 0.728. The third-order valence-corrected chi connectivity index (χ3v) is 6.68. The second-order valence-corrected chi connectivity index (χ2v) is 9.98. The van der Waals surface area contributed by atoms with Gasteiger partial charge in [0, 0.05) is 20.2 Å². The number of hydrogen-bond acceptors (Lipinski definition) is 9. The van der Waals surface area contributed by atoms with Crippen LogP contribution in [0.1, 0.15) is 6.92 Å². The van der Waals surface area contributed by atoms with Crippen LogP contribution in [0.4, 0.5) is 26.2 Å². The van der Waals surface area contributed by atoms with E-state index >= 15 is 0 Å². The molecule has 0 aromatic carbocycles. The van der Waals surface area contributed by atoms with E-state index in [1.807, 2.05) is 0 Å². The molecule has 11 nitrogen and oxygen atoms in total. The van der Waals surface area contributed by atoms with E-state index in [9.17, 15) is 17.2 Å². The van der Waals surface area contributed by atoms with Gasteiger partial charge in [0.1, 0.15) is 23.0 Å². The number of aromatic nitrogens is 4. The fraction of sp³-hybridized carbons (Fsp3) is 0.588. The van der Waals surface area contributed by atoms with Crippen molar-refractivity contribution in [2.45, 2.75) is 37.1 Å². The quantitative estimate of drug-likeness (QED) is 0.495. The maximum Gasteiger partial charge on any atom is 0.260 e. The summed E-state index contributed by atoms with van der Waals surface area (Å²) >= 11 is 6.23. The summed E-state index contributed by atoms with van der Waals surface area (Å²) in [7, 11) is -2.44. The number of ether oxygens (including phenoxy) is 2. The van der Waals surface area contributed by atoms with E-state index in [0.29, 0.717) is 24.4 Å². The number of rotatable bonds is 8. The molecule has 4 unspecified atom stereocenters. The molecule has 2 aromatic rings. The van der Waals surface area contributed by atoms with E-state index in [0.717, 1.165) is 0 Å². The van der Waals surface area contributed by atoms with Crippen molar-refractivity contribution < 1.29 is 26.7 Å². The number of aryl methyl sites for hydroxylation is 1. The van der Waals surface area contributed by atoms with Crippen molar-refractivity contribution in [3.63, 3.8) is 0 Å². The van der Waals surface area contributed by atoms with Crippen LogP contribution in [0.25, 0.3) is 0 Å². The fourth-order valence-corrected chi connectivity index (χ4v) is 5.21. The molecule has 0 aliphatic carbocycles. The second kappa shape index (κ2) is 8.67. The highest BCUT2D eigenvalue weighted by molar-refractivity contribution is 7.89. The molecule has 0 radical (unpaired) electrons. The molecule has 15 heteroatoms. The molecule has 2 aliphatic rings. The summed E-state index contributed by atoms with van der Waals surface area (Å²) in [5.41, 5.74) is 0.692. The Kier molecular flexibility index (Phi) is 6.24. The number of nitrogens with zero attached hydrogens (tertiary/aromatic N) is 4. The molecular weight excluding hydrogens is 472 g/mol. The molecule has 2 aromatic heterocycles. The summed E-state index contributed by atoms with van der Waals surface area (Å²) in [6.07, 6.45) is 3.64. The fourth-order valence-electron chi connectivity index (χ4n) is 3.65. The van der Waals surface area contributed by atoms with Gasteiger partial charge in [0.2, 0.25) is 16.0 Å². The maximum atomic E-state index is 13.1. The second-order valence-electron chi connectivity index (χ2n) is 7.82. The Hall–Kier alpha value is -2.13. The van der Waals surface area contributed by atoms with Crippen molar-refractivity contribution in [2.75, 3.05) is 29.6 Å². The highest BCUT2D eigenvalue weighted by atomic mass is 35.5. The Morgan fingerprint density at radius 2 is 1.94 bits per heavy atom. The Balaban J connectivity index is 1.41. The van der Waals surface area contributed by atoms with Gasteiger partial charge in [-0.25, -0.2) is 26.9 Å². The molecule has 4 atom stereocenters. The molecule has 0 saturated carbocycles. The zero-order valence-electron chi connectivity index (χ0n) is 17.1. The van der Waals surface area contributed by atoms with Gasteiger partial charge >= 0.3 is 0 Å². The number of fused-ring (bicyclic) bond motifs is 1. The van der Waals surface area contributed by atoms with Crippen LogP contribution in [0.2, 0.25) is 5.02 Å². The summed E-state index contributed by atoms with van der Waals surface area (Å²) in [4.78, 5) is 8.50. The van der Waals surface area contributed by atoms with Crippen LogP contribution in [-0.2, 0) is 26.5 Å². The molecule has 2 fully saturated rings. The summed E-state index contributed by atoms with van der Waals surface area (Å²) in [5, 5.41) is 10.5. The Labute approximate surface area is 187 Å². The largest absolute Gasteiger partial charge is 0.371 e. The number of anilines is 3. The third kappa shape index (κ3) is 5.43. The first-order valence-electron chi connectivity index (χ1n) is 9.65. The van der Waals surface area contributed by atoms with Crippen LogP contribution in [-0.4, -0.2) is 77.3 Å². The van der Waals surface area contributed by atoms with Crippen LogP contribution >= 0.6 is 11.6 Å². The van der Waals surface area contributed by atoms with Gasteiger partial charge in [-0.3, -0.25) is 4.68 Å². The Morgan fingerprint density at radius 1 is 1.25 bits per heavy atom. The highest BCUT2D eigenvalue weighted by Crippen LogP contribution is 2.31. The molecule has 0 amide bonds. The lowest BCUT2D eigenvalue weighted by atomic mass is 10.1. The predicted octanol–water partition coefficient (Wildman–Crippen LogP) is 1.13. The van der Waals surface area contributed by atoms with E-state index < -0.39 is 39.9 Å². The van der Waals surface area contributed by atoms with E-state index in [1.54, 1.807) is 24.1 Å². The first-order valence-corrected chi connectivity index (χ1v) is 11.7. The van der Waals surface area contributed by atoms with Crippen LogP contribution in [0, 0.1) is 0 Å². The minimum Gasteiger partial charge on any atom is -0.371 e. The number of hydrogen-bond donors (Lipinski definition) is 3. The lowest BCUT2D eigenvalue weighted by Crippen LogP contribution is -2.47.